The normalized spacial score (nSPS) is 15.5. The fraction of sp³-hybridized carbons (Fsp3) is 0.471. The van der Waals surface area contributed by atoms with Gasteiger partial charge in [0.2, 0.25) is 0 Å². The van der Waals surface area contributed by atoms with Gasteiger partial charge in [-0.3, -0.25) is 0 Å². The van der Waals surface area contributed by atoms with Crippen LogP contribution in [-0.2, 0) is 0 Å². The van der Waals surface area contributed by atoms with Crippen molar-refractivity contribution in [3.63, 3.8) is 0 Å². The number of nitrogens with one attached hydrogen (secondary N) is 1. The van der Waals surface area contributed by atoms with Crippen LogP contribution in [0, 0.1) is 27.7 Å². The number of piperazine rings is 1. The molecule has 0 amide bonds. The predicted octanol–water partition coefficient (Wildman–Crippen LogP) is 3.45. The summed E-state index contributed by atoms with van der Waals surface area (Å²) in [6.07, 6.45) is 0. The number of thiazole rings is 1. The summed E-state index contributed by atoms with van der Waals surface area (Å²) in [4.78, 5) is 7.31. The molecule has 0 saturated carbocycles. The molecule has 1 N–H and O–H groups in total. The molecule has 1 saturated heterocycles. The number of benzene rings is 1. The largest absolute Gasteiger partial charge is 0.346 e. The minimum absolute atomic E-state index is 1.05. The van der Waals surface area contributed by atoms with Crippen LogP contribution in [0.5, 0.6) is 0 Å². The highest BCUT2D eigenvalue weighted by Gasteiger charge is 2.17. The first kappa shape index (κ1) is 14.5. The zero-order valence-electron chi connectivity index (χ0n) is 13.3. The van der Waals surface area contributed by atoms with E-state index in [4.69, 9.17) is 4.98 Å². The fourth-order valence-corrected chi connectivity index (χ4v) is 3.85. The Morgan fingerprint density at radius 2 is 1.67 bits per heavy atom. The molecule has 0 unspecified atom stereocenters. The van der Waals surface area contributed by atoms with Crippen LogP contribution < -0.4 is 10.2 Å². The molecule has 1 aliphatic rings. The fourth-order valence-electron chi connectivity index (χ4n) is 2.98. The molecule has 0 aliphatic carbocycles. The second kappa shape index (κ2) is 5.78. The van der Waals surface area contributed by atoms with Gasteiger partial charge in [0, 0.05) is 37.1 Å². The highest BCUT2D eigenvalue weighted by Crippen LogP contribution is 2.34. The summed E-state index contributed by atoms with van der Waals surface area (Å²) in [7, 11) is 0. The summed E-state index contributed by atoms with van der Waals surface area (Å²) < 4.78 is 0. The number of hydrogen-bond acceptors (Lipinski definition) is 4. The highest BCUT2D eigenvalue weighted by atomic mass is 32.1. The maximum Gasteiger partial charge on any atom is 0.185 e. The van der Waals surface area contributed by atoms with E-state index in [0.29, 0.717) is 0 Å². The molecular formula is C17H23N3S. The lowest BCUT2D eigenvalue weighted by Gasteiger charge is -2.26. The quantitative estimate of drug-likeness (QED) is 0.921. The van der Waals surface area contributed by atoms with E-state index in [9.17, 15) is 0 Å². The van der Waals surface area contributed by atoms with Crippen molar-refractivity contribution in [3.8, 4) is 11.3 Å². The van der Waals surface area contributed by atoms with Crippen LogP contribution in [0.25, 0.3) is 11.3 Å². The van der Waals surface area contributed by atoms with Crippen LogP contribution in [0.1, 0.15) is 22.3 Å². The molecule has 3 rings (SSSR count). The molecule has 0 radical (unpaired) electrons. The van der Waals surface area contributed by atoms with Crippen molar-refractivity contribution in [2.75, 3.05) is 31.1 Å². The Balaban J connectivity index is 2.00. The molecule has 112 valence electrons. The van der Waals surface area contributed by atoms with E-state index in [0.717, 1.165) is 37.0 Å². The average Bonchev–Trinajstić information content (AvgIpc) is 2.96. The Morgan fingerprint density at radius 3 is 2.29 bits per heavy atom. The van der Waals surface area contributed by atoms with Crippen molar-refractivity contribution in [1.82, 2.24) is 10.3 Å². The molecule has 2 heterocycles. The Kier molecular flexibility index (Phi) is 4.00. The molecular weight excluding hydrogens is 278 g/mol. The predicted molar refractivity (Wildman–Crippen MR) is 91.6 cm³/mol. The molecule has 1 fully saturated rings. The number of aryl methyl sites for hydroxylation is 2. The smallest absolute Gasteiger partial charge is 0.185 e. The van der Waals surface area contributed by atoms with E-state index in [1.165, 1.54) is 27.8 Å². The lowest BCUT2D eigenvalue weighted by atomic mass is 9.93. The molecule has 3 nitrogen and oxygen atoms in total. The van der Waals surface area contributed by atoms with Gasteiger partial charge in [-0.05, 0) is 49.9 Å². The van der Waals surface area contributed by atoms with Gasteiger partial charge in [-0.25, -0.2) is 4.98 Å². The Morgan fingerprint density at radius 1 is 1.05 bits per heavy atom. The van der Waals surface area contributed by atoms with Gasteiger partial charge < -0.3 is 10.2 Å². The minimum Gasteiger partial charge on any atom is -0.346 e. The van der Waals surface area contributed by atoms with E-state index in [-0.39, 0.29) is 0 Å². The van der Waals surface area contributed by atoms with Crippen LogP contribution in [0.3, 0.4) is 0 Å². The Bertz CT molecular complexity index is 628. The van der Waals surface area contributed by atoms with Crippen molar-refractivity contribution >= 4 is 16.5 Å². The van der Waals surface area contributed by atoms with Crippen LogP contribution >= 0.6 is 11.3 Å². The monoisotopic (exact) mass is 301 g/mol. The van der Waals surface area contributed by atoms with Crippen molar-refractivity contribution < 1.29 is 0 Å². The second-order valence-electron chi connectivity index (χ2n) is 5.89. The van der Waals surface area contributed by atoms with E-state index < -0.39 is 0 Å². The summed E-state index contributed by atoms with van der Waals surface area (Å²) >= 11 is 1.77. The van der Waals surface area contributed by atoms with Crippen LogP contribution in [0.15, 0.2) is 11.4 Å². The molecule has 1 aromatic heterocycles. The van der Waals surface area contributed by atoms with Crippen LogP contribution in [-0.4, -0.2) is 31.2 Å². The molecule has 1 aromatic carbocycles. The molecule has 0 atom stereocenters. The van der Waals surface area contributed by atoms with Crippen LogP contribution in [0.4, 0.5) is 5.13 Å². The lowest BCUT2D eigenvalue weighted by molar-refractivity contribution is 0.588. The van der Waals surface area contributed by atoms with Gasteiger partial charge in [0.25, 0.3) is 0 Å². The SMILES string of the molecule is Cc1cc(C)c(C)c(-c2csc(N3CCNCC3)n2)c1C. The second-order valence-corrected chi connectivity index (χ2v) is 6.72. The summed E-state index contributed by atoms with van der Waals surface area (Å²) in [5.74, 6) is 0. The Labute approximate surface area is 131 Å². The third kappa shape index (κ3) is 2.70. The van der Waals surface area contributed by atoms with E-state index >= 15 is 0 Å². The van der Waals surface area contributed by atoms with E-state index in [2.05, 4.69) is 49.4 Å². The van der Waals surface area contributed by atoms with E-state index in [1.807, 2.05) is 0 Å². The van der Waals surface area contributed by atoms with E-state index in [1.54, 1.807) is 11.3 Å². The first-order valence-electron chi connectivity index (χ1n) is 7.57. The summed E-state index contributed by atoms with van der Waals surface area (Å²) in [6.45, 7) is 13.0. The number of nitrogens with zero attached hydrogens (tertiary/aromatic N) is 2. The molecule has 2 aromatic rings. The third-order valence-corrected chi connectivity index (χ3v) is 5.40. The molecule has 1 aliphatic heterocycles. The summed E-state index contributed by atoms with van der Waals surface area (Å²) in [6, 6.07) is 2.28. The third-order valence-electron chi connectivity index (χ3n) is 4.50. The standard InChI is InChI=1S/C17H23N3S/c1-11-9-12(2)14(4)16(13(11)3)15-10-21-17(19-15)20-7-5-18-6-8-20/h9-10,18H,5-8H2,1-4H3. The van der Waals surface area contributed by atoms with Gasteiger partial charge >= 0.3 is 0 Å². The number of anilines is 1. The zero-order valence-corrected chi connectivity index (χ0v) is 14.1. The topological polar surface area (TPSA) is 28.2 Å². The van der Waals surface area contributed by atoms with Crippen molar-refractivity contribution in [3.05, 3.63) is 33.7 Å². The maximum atomic E-state index is 4.92. The molecule has 0 bridgehead atoms. The number of rotatable bonds is 2. The lowest BCUT2D eigenvalue weighted by Crippen LogP contribution is -2.43. The van der Waals surface area contributed by atoms with Gasteiger partial charge in [0.05, 0.1) is 5.69 Å². The average molecular weight is 301 g/mol. The Hall–Kier alpha value is -1.39. The highest BCUT2D eigenvalue weighted by molar-refractivity contribution is 7.14. The molecule has 21 heavy (non-hydrogen) atoms. The van der Waals surface area contributed by atoms with Crippen molar-refractivity contribution in [2.24, 2.45) is 0 Å². The number of hydrogen-bond donors (Lipinski definition) is 1. The van der Waals surface area contributed by atoms with Crippen molar-refractivity contribution in [2.45, 2.75) is 27.7 Å². The van der Waals surface area contributed by atoms with Crippen LogP contribution in [0.2, 0.25) is 0 Å². The minimum atomic E-state index is 1.05. The number of aromatic nitrogens is 1. The summed E-state index contributed by atoms with van der Waals surface area (Å²) in [5.41, 5.74) is 7.88. The zero-order chi connectivity index (χ0) is 15.0. The van der Waals surface area contributed by atoms with Gasteiger partial charge in [-0.2, -0.15) is 0 Å². The van der Waals surface area contributed by atoms with Crippen molar-refractivity contribution in [1.29, 1.82) is 0 Å². The molecule has 0 spiro atoms. The first-order chi connectivity index (χ1) is 10.1. The van der Waals surface area contributed by atoms with Gasteiger partial charge in [-0.1, -0.05) is 6.07 Å². The first-order valence-corrected chi connectivity index (χ1v) is 8.45. The van der Waals surface area contributed by atoms with Gasteiger partial charge in [-0.15, -0.1) is 11.3 Å². The van der Waals surface area contributed by atoms with Gasteiger partial charge in [0.15, 0.2) is 5.13 Å². The summed E-state index contributed by atoms with van der Waals surface area (Å²) in [5, 5.41) is 6.76. The molecule has 4 heteroatoms. The maximum absolute atomic E-state index is 4.92. The van der Waals surface area contributed by atoms with Gasteiger partial charge in [0.1, 0.15) is 0 Å².